The predicted molar refractivity (Wildman–Crippen MR) is 102 cm³/mol. The van der Waals surface area contributed by atoms with Crippen LogP contribution in [-0.2, 0) is 4.74 Å². The van der Waals surface area contributed by atoms with Crippen molar-refractivity contribution in [2.45, 2.75) is 19.3 Å². The number of halogens is 3. The van der Waals surface area contributed by atoms with Crippen LogP contribution in [0.3, 0.4) is 0 Å². The second kappa shape index (κ2) is 8.67. The lowest BCUT2D eigenvalue weighted by Gasteiger charge is -2.25. The maximum atomic E-state index is 12.2. The standard InChI is InChI=1S/C16H17BrClNO2S.ClH/c17-11-4-5-12-13(10-11)22-15(14(12)18)16(20)21-9-8-19-6-2-1-3-7-19;/h4-5,10H,1-3,6-9H2;1H. The molecule has 1 aliphatic heterocycles. The Morgan fingerprint density at radius 1 is 1.30 bits per heavy atom. The molecule has 1 aliphatic rings. The Morgan fingerprint density at radius 2 is 2.04 bits per heavy atom. The van der Waals surface area contributed by atoms with Crippen LogP contribution in [-0.4, -0.2) is 37.1 Å². The number of carbonyl (C=O) groups is 1. The molecule has 0 atom stereocenters. The van der Waals surface area contributed by atoms with Gasteiger partial charge in [-0.05, 0) is 38.1 Å². The molecule has 3 rings (SSSR count). The molecule has 1 fully saturated rings. The lowest BCUT2D eigenvalue weighted by Crippen LogP contribution is -2.33. The SMILES string of the molecule is Cl.O=C(OCCN1CCCCC1)c1sc2cc(Br)ccc2c1Cl. The maximum Gasteiger partial charge on any atom is 0.349 e. The van der Waals surface area contributed by atoms with Gasteiger partial charge >= 0.3 is 5.97 Å². The monoisotopic (exact) mass is 437 g/mol. The molecule has 2 aromatic rings. The number of hydrogen-bond acceptors (Lipinski definition) is 4. The smallest absolute Gasteiger partial charge is 0.349 e. The molecule has 0 bridgehead atoms. The summed E-state index contributed by atoms with van der Waals surface area (Å²) in [5, 5.41) is 1.40. The van der Waals surface area contributed by atoms with Crippen molar-refractivity contribution in [1.82, 2.24) is 4.90 Å². The van der Waals surface area contributed by atoms with Crippen LogP contribution < -0.4 is 0 Å². The van der Waals surface area contributed by atoms with Gasteiger partial charge in [0.25, 0.3) is 0 Å². The van der Waals surface area contributed by atoms with Crippen LogP contribution in [0.15, 0.2) is 22.7 Å². The van der Waals surface area contributed by atoms with Crippen LogP contribution in [0.5, 0.6) is 0 Å². The van der Waals surface area contributed by atoms with Crippen LogP contribution >= 0.6 is 51.3 Å². The normalized spacial score (nSPS) is 15.4. The topological polar surface area (TPSA) is 29.5 Å². The summed E-state index contributed by atoms with van der Waals surface area (Å²) in [6.45, 7) is 3.44. The van der Waals surface area contributed by atoms with E-state index >= 15 is 0 Å². The molecule has 1 saturated heterocycles. The molecule has 0 spiro atoms. The third-order valence-electron chi connectivity index (χ3n) is 3.87. The quantitative estimate of drug-likeness (QED) is 0.600. The van der Waals surface area contributed by atoms with E-state index in [2.05, 4.69) is 20.8 Å². The van der Waals surface area contributed by atoms with E-state index in [-0.39, 0.29) is 18.4 Å². The molecule has 0 aliphatic carbocycles. The summed E-state index contributed by atoms with van der Waals surface area (Å²) in [7, 11) is 0. The highest BCUT2D eigenvalue weighted by Gasteiger charge is 2.19. The number of piperidine rings is 1. The van der Waals surface area contributed by atoms with Crippen molar-refractivity contribution in [1.29, 1.82) is 0 Å². The molecule has 0 unspecified atom stereocenters. The molecular weight excluding hydrogens is 421 g/mol. The summed E-state index contributed by atoms with van der Waals surface area (Å²) in [5.41, 5.74) is 0. The van der Waals surface area contributed by atoms with E-state index in [1.165, 1.54) is 30.6 Å². The second-order valence-electron chi connectivity index (χ2n) is 5.42. The minimum atomic E-state index is -0.320. The van der Waals surface area contributed by atoms with Gasteiger partial charge in [0.15, 0.2) is 0 Å². The van der Waals surface area contributed by atoms with E-state index in [0.29, 0.717) is 16.5 Å². The number of benzene rings is 1. The molecule has 0 saturated carbocycles. The van der Waals surface area contributed by atoms with Gasteiger partial charge in [-0.1, -0.05) is 40.0 Å². The first-order valence-corrected chi connectivity index (χ1v) is 9.41. The highest BCUT2D eigenvalue weighted by molar-refractivity contribution is 9.10. The molecule has 126 valence electrons. The van der Waals surface area contributed by atoms with Crippen LogP contribution in [0, 0.1) is 0 Å². The van der Waals surface area contributed by atoms with E-state index in [1.807, 2.05) is 18.2 Å². The van der Waals surface area contributed by atoms with Gasteiger partial charge in [0.1, 0.15) is 11.5 Å². The summed E-state index contributed by atoms with van der Waals surface area (Å²) < 4.78 is 7.37. The average Bonchev–Trinajstić information content (AvgIpc) is 2.84. The third-order valence-corrected chi connectivity index (χ3v) is 6.00. The van der Waals surface area contributed by atoms with Gasteiger partial charge in [-0.25, -0.2) is 4.79 Å². The van der Waals surface area contributed by atoms with E-state index < -0.39 is 0 Å². The summed E-state index contributed by atoms with van der Waals surface area (Å²) in [5.74, 6) is -0.320. The zero-order valence-corrected chi connectivity index (χ0v) is 16.5. The summed E-state index contributed by atoms with van der Waals surface area (Å²) in [6, 6.07) is 5.81. The van der Waals surface area contributed by atoms with Crippen LogP contribution in [0.1, 0.15) is 28.9 Å². The lowest BCUT2D eigenvalue weighted by molar-refractivity contribution is 0.0458. The number of thiophene rings is 1. The fourth-order valence-corrected chi connectivity index (χ4v) is 4.64. The number of nitrogens with zero attached hydrogens (tertiary/aromatic N) is 1. The molecule has 0 amide bonds. The molecule has 1 aromatic carbocycles. The van der Waals surface area contributed by atoms with E-state index in [1.54, 1.807) is 0 Å². The molecule has 1 aromatic heterocycles. The summed E-state index contributed by atoms with van der Waals surface area (Å²) >= 11 is 11.1. The van der Waals surface area contributed by atoms with Crippen LogP contribution in [0.25, 0.3) is 10.1 Å². The van der Waals surface area contributed by atoms with Crippen molar-refractivity contribution in [2.24, 2.45) is 0 Å². The minimum Gasteiger partial charge on any atom is -0.460 e. The highest BCUT2D eigenvalue weighted by atomic mass is 79.9. The molecule has 3 nitrogen and oxygen atoms in total. The van der Waals surface area contributed by atoms with E-state index in [9.17, 15) is 4.79 Å². The molecule has 7 heteroatoms. The van der Waals surface area contributed by atoms with E-state index in [0.717, 1.165) is 34.2 Å². The first-order valence-electron chi connectivity index (χ1n) is 7.42. The fraction of sp³-hybridized carbons (Fsp3) is 0.438. The number of likely N-dealkylation sites (tertiary alicyclic amines) is 1. The van der Waals surface area contributed by atoms with Gasteiger partial charge in [0.05, 0.1) is 5.02 Å². The number of fused-ring (bicyclic) bond motifs is 1. The minimum absolute atomic E-state index is 0. The van der Waals surface area contributed by atoms with E-state index in [4.69, 9.17) is 16.3 Å². The van der Waals surface area contributed by atoms with Crippen molar-refractivity contribution in [3.8, 4) is 0 Å². The van der Waals surface area contributed by atoms with Crippen molar-refractivity contribution in [3.05, 3.63) is 32.6 Å². The maximum absolute atomic E-state index is 12.2. The van der Waals surface area contributed by atoms with Gasteiger partial charge in [0, 0.05) is 21.1 Å². The van der Waals surface area contributed by atoms with Crippen LogP contribution in [0.2, 0.25) is 5.02 Å². The Balaban J connectivity index is 0.00000192. The molecule has 2 heterocycles. The molecule has 0 radical (unpaired) electrons. The predicted octanol–water partition coefficient (Wildman–Crippen LogP) is 5.38. The summed E-state index contributed by atoms with van der Waals surface area (Å²) in [4.78, 5) is 15.1. The van der Waals surface area contributed by atoms with Crippen molar-refractivity contribution >= 4 is 67.3 Å². The largest absolute Gasteiger partial charge is 0.460 e. The Hall–Kier alpha value is -0.330. The lowest BCUT2D eigenvalue weighted by atomic mass is 10.1. The van der Waals surface area contributed by atoms with Gasteiger partial charge in [-0.2, -0.15) is 0 Å². The second-order valence-corrected chi connectivity index (χ2v) is 7.77. The number of esters is 1. The number of carbonyl (C=O) groups excluding carboxylic acids is 1. The van der Waals surface area contributed by atoms with Crippen molar-refractivity contribution in [2.75, 3.05) is 26.2 Å². The number of hydrogen-bond donors (Lipinski definition) is 0. The Morgan fingerprint density at radius 3 is 2.78 bits per heavy atom. The Kier molecular flexibility index (Phi) is 7.17. The number of ether oxygens (including phenoxy) is 1. The van der Waals surface area contributed by atoms with Gasteiger partial charge in [-0.3, -0.25) is 4.90 Å². The third kappa shape index (κ3) is 4.60. The Labute approximate surface area is 159 Å². The van der Waals surface area contributed by atoms with Crippen LogP contribution in [0.4, 0.5) is 0 Å². The molecule has 23 heavy (non-hydrogen) atoms. The van der Waals surface area contributed by atoms with Gasteiger partial charge in [0.2, 0.25) is 0 Å². The first-order chi connectivity index (χ1) is 10.6. The number of rotatable bonds is 4. The van der Waals surface area contributed by atoms with Crippen molar-refractivity contribution < 1.29 is 9.53 Å². The van der Waals surface area contributed by atoms with Gasteiger partial charge < -0.3 is 4.74 Å². The zero-order valence-electron chi connectivity index (χ0n) is 12.5. The Bertz CT molecular complexity index is 686. The highest BCUT2D eigenvalue weighted by Crippen LogP contribution is 2.37. The van der Waals surface area contributed by atoms with Gasteiger partial charge in [-0.15, -0.1) is 23.7 Å². The average molecular weight is 439 g/mol. The summed E-state index contributed by atoms with van der Waals surface area (Å²) in [6.07, 6.45) is 3.79. The molecule has 0 N–H and O–H groups in total. The van der Waals surface area contributed by atoms with Crippen molar-refractivity contribution in [3.63, 3.8) is 0 Å². The zero-order chi connectivity index (χ0) is 15.5. The fourth-order valence-electron chi connectivity index (χ4n) is 2.69. The first kappa shape index (κ1) is 19.0. The molecular formula is C16H18BrCl2NO2S.